The third-order valence-corrected chi connectivity index (χ3v) is 3.50. The van der Waals surface area contributed by atoms with Crippen LogP contribution in [0.2, 0.25) is 0 Å². The molecular weight excluding hydrogens is 230 g/mol. The molecule has 1 aromatic carbocycles. The molecule has 0 bridgehead atoms. The summed E-state index contributed by atoms with van der Waals surface area (Å²) in [5, 5.41) is 1.48. The summed E-state index contributed by atoms with van der Waals surface area (Å²) in [5.41, 5.74) is 1.87. The van der Waals surface area contributed by atoms with Crippen LogP contribution < -0.4 is 0 Å². The van der Waals surface area contributed by atoms with E-state index in [1.807, 2.05) is 24.3 Å². The van der Waals surface area contributed by atoms with Crippen molar-refractivity contribution in [3.8, 4) is 0 Å². The van der Waals surface area contributed by atoms with E-state index in [1.54, 1.807) is 0 Å². The van der Waals surface area contributed by atoms with Gasteiger partial charge in [-0.1, -0.05) is 18.2 Å². The van der Waals surface area contributed by atoms with Crippen molar-refractivity contribution in [2.24, 2.45) is 0 Å². The quantitative estimate of drug-likeness (QED) is 0.817. The molecule has 0 aliphatic carbocycles. The first-order valence-corrected chi connectivity index (χ1v) is 6.49. The summed E-state index contributed by atoms with van der Waals surface area (Å²) in [7, 11) is 0. The number of hydroxylamine groups is 2. The van der Waals surface area contributed by atoms with Crippen LogP contribution in [0.15, 0.2) is 24.3 Å². The average Bonchev–Trinajstić information content (AvgIpc) is 2.91. The van der Waals surface area contributed by atoms with E-state index in [1.165, 1.54) is 5.06 Å². The molecule has 4 heteroatoms. The van der Waals surface area contributed by atoms with Crippen LogP contribution in [0.5, 0.6) is 0 Å². The number of ether oxygens (including phenoxy) is 1. The Morgan fingerprint density at radius 3 is 3.11 bits per heavy atom. The molecule has 1 saturated heterocycles. The van der Waals surface area contributed by atoms with E-state index < -0.39 is 0 Å². The SMILES string of the molecule is O=C1c2ccccc2CCN1OC[C@@H]1CCCO1. The molecule has 2 aliphatic rings. The lowest BCUT2D eigenvalue weighted by Gasteiger charge is -2.28. The molecule has 0 radical (unpaired) electrons. The van der Waals surface area contributed by atoms with Crippen molar-refractivity contribution in [3.05, 3.63) is 35.4 Å². The highest BCUT2D eigenvalue weighted by Crippen LogP contribution is 2.20. The molecular formula is C14H17NO3. The Bertz CT molecular complexity index is 440. The molecule has 3 rings (SSSR count). The Kier molecular flexibility index (Phi) is 3.30. The van der Waals surface area contributed by atoms with Gasteiger partial charge in [0.2, 0.25) is 0 Å². The molecule has 0 N–H and O–H groups in total. The standard InChI is InChI=1S/C14H17NO3/c16-14-13-6-2-1-4-11(13)7-8-15(14)18-10-12-5-3-9-17-12/h1-2,4,6,12H,3,5,7-10H2/t12-/m0/s1. The number of benzene rings is 1. The van der Waals surface area contributed by atoms with E-state index in [9.17, 15) is 4.79 Å². The van der Waals surface area contributed by atoms with E-state index in [-0.39, 0.29) is 12.0 Å². The summed E-state index contributed by atoms with van der Waals surface area (Å²) in [6.07, 6.45) is 3.12. The number of carbonyl (C=O) groups is 1. The molecule has 96 valence electrons. The largest absolute Gasteiger partial charge is 0.376 e. The van der Waals surface area contributed by atoms with E-state index >= 15 is 0 Å². The lowest BCUT2D eigenvalue weighted by molar-refractivity contribution is -0.148. The second-order valence-corrected chi connectivity index (χ2v) is 4.75. The van der Waals surface area contributed by atoms with E-state index in [2.05, 4.69) is 0 Å². The number of nitrogens with zero attached hydrogens (tertiary/aromatic N) is 1. The topological polar surface area (TPSA) is 38.8 Å². The number of hydrogen-bond acceptors (Lipinski definition) is 3. The molecule has 1 fully saturated rings. The Hall–Kier alpha value is -1.39. The minimum Gasteiger partial charge on any atom is -0.376 e. The van der Waals surface area contributed by atoms with E-state index in [4.69, 9.17) is 9.57 Å². The number of fused-ring (bicyclic) bond motifs is 1. The summed E-state index contributed by atoms with van der Waals surface area (Å²) in [5.74, 6) is -0.0325. The zero-order valence-electron chi connectivity index (χ0n) is 10.3. The Labute approximate surface area is 106 Å². The van der Waals surface area contributed by atoms with Crippen molar-refractivity contribution in [2.45, 2.75) is 25.4 Å². The van der Waals surface area contributed by atoms with Gasteiger partial charge in [0.15, 0.2) is 0 Å². The number of carbonyl (C=O) groups excluding carboxylic acids is 1. The van der Waals surface area contributed by atoms with Crippen LogP contribution in [0.1, 0.15) is 28.8 Å². The Balaban J connectivity index is 1.63. The smallest absolute Gasteiger partial charge is 0.277 e. The van der Waals surface area contributed by atoms with Crippen molar-refractivity contribution in [3.63, 3.8) is 0 Å². The van der Waals surface area contributed by atoms with Crippen LogP contribution in [0, 0.1) is 0 Å². The summed E-state index contributed by atoms with van der Waals surface area (Å²) in [6, 6.07) is 7.72. The van der Waals surface area contributed by atoms with Gasteiger partial charge in [0.25, 0.3) is 5.91 Å². The maximum absolute atomic E-state index is 12.2. The zero-order valence-corrected chi connectivity index (χ0v) is 10.3. The third-order valence-electron chi connectivity index (χ3n) is 3.50. The lowest BCUT2D eigenvalue weighted by Crippen LogP contribution is -2.39. The van der Waals surface area contributed by atoms with Crippen molar-refractivity contribution >= 4 is 5.91 Å². The zero-order chi connectivity index (χ0) is 12.4. The van der Waals surface area contributed by atoms with E-state index in [0.717, 1.165) is 37.0 Å². The predicted molar refractivity (Wildman–Crippen MR) is 66.1 cm³/mol. The molecule has 0 saturated carbocycles. The Morgan fingerprint density at radius 2 is 2.28 bits per heavy atom. The molecule has 0 unspecified atom stereocenters. The minimum absolute atomic E-state index is 0.0325. The lowest BCUT2D eigenvalue weighted by atomic mass is 10.0. The van der Waals surface area contributed by atoms with Gasteiger partial charge in [0.1, 0.15) is 6.61 Å². The normalized spacial score (nSPS) is 23.2. The second kappa shape index (κ2) is 5.08. The number of rotatable bonds is 3. The molecule has 2 aliphatic heterocycles. The fraction of sp³-hybridized carbons (Fsp3) is 0.500. The van der Waals surface area contributed by atoms with Gasteiger partial charge >= 0.3 is 0 Å². The van der Waals surface area contributed by atoms with Crippen LogP contribution in [0.3, 0.4) is 0 Å². The van der Waals surface area contributed by atoms with Gasteiger partial charge in [-0.25, -0.2) is 5.06 Å². The fourth-order valence-corrected chi connectivity index (χ4v) is 2.48. The van der Waals surface area contributed by atoms with Gasteiger partial charge in [-0.05, 0) is 30.9 Å². The maximum atomic E-state index is 12.2. The third kappa shape index (κ3) is 2.26. The molecule has 1 atom stereocenters. The highest BCUT2D eigenvalue weighted by molar-refractivity contribution is 5.96. The molecule has 18 heavy (non-hydrogen) atoms. The summed E-state index contributed by atoms with van der Waals surface area (Å²) in [6.45, 7) is 1.92. The van der Waals surface area contributed by atoms with Crippen molar-refractivity contribution in [1.82, 2.24) is 5.06 Å². The molecule has 0 spiro atoms. The summed E-state index contributed by atoms with van der Waals surface area (Å²) in [4.78, 5) is 17.8. The number of hydrogen-bond donors (Lipinski definition) is 0. The summed E-state index contributed by atoms with van der Waals surface area (Å²) >= 11 is 0. The van der Waals surface area contributed by atoms with Crippen LogP contribution in [0.25, 0.3) is 0 Å². The minimum atomic E-state index is -0.0325. The molecule has 2 heterocycles. The van der Waals surface area contributed by atoms with Crippen LogP contribution in [-0.4, -0.2) is 36.8 Å². The Morgan fingerprint density at radius 1 is 1.39 bits per heavy atom. The molecule has 4 nitrogen and oxygen atoms in total. The highest BCUT2D eigenvalue weighted by Gasteiger charge is 2.26. The maximum Gasteiger partial charge on any atom is 0.277 e. The molecule has 1 amide bonds. The highest BCUT2D eigenvalue weighted by atomic mass is 16.7. The van der Waals surface area contributed by atoms with Gasteiger partial charge < -0.3 is 4.74 Å². The first-order chi connectivity index (χ1) is 8.84. The first-order valence-electron chi connectivity index (χ1n) is 6.49. The van der Waals surface area contributed by atoms with Gasteiger partial charge in [-0.15, -0.1) is 0 Å². The van der Waals surface area contributed by atoms with Gasteiger partial charge in [0, 0.05) is 12.2 Å². The van der Waals surface area contributed by atoms with Gasteiger partial charge in [-0.2, -0.15) is 0 Å². The van der Waals surface area contributed by atoms with Gasteiger partial charge in [-0.3, -0.25) is 9.63 Å². The molecule has 1 aromatic rings. The van der Waals surface area contributed by atoms with Crippen molar-refractivity contribution in [1.29, 1.82) is 0 Å². The van der Waals surface area contributed by atoms with Crippen LogP contribution in [0.4, 0.5) is 0 Å². The molecule has 0 aromatic heterocycles. The average molecular weight is 247 g/mol. The summed E-state index contributed by atoms with van der Waals surface area (Å²) < 4.78 is 5.49. The van der Waals surface area contributed by atoms with E-state index in [0.29, 0.717) is 13.2 Å². The predicted octanol–water partition coefficient (Wildman–Crippen LogP) is 1.80. The van der Waals surface area contributed by atoms with Gasteiger partial charge in [0.05, 0.1) is 12.6 Å². The van der Waals surface area contributed by atoms with Crippen molar-refractivity contribution < 1.29 is 14.4 Å². The number of amides is 1. The monoisotopic (exact) mass is 247 g/mol. The van der Waals surface area contributed by atoms with Crippen LogP contribution in [-0.2, 0) is 16.0 Å². The fourth-order valence-electron chi connectivity index (χ4n) is 2.48. The van der Waals surface area contributed by atoms with Crippen LogP contribution >= 0.6 is 0 Å². The first kappa shape index (κ1) is 11.7. The van der Waals surface area contributed by atoms with Crippen molar-refractivity contribution in [2.75, 3.05) is 19.8 Å². The second-order valence-electron chi connectivity index (χ2n) is 4.75.